The number of halogens is 2. The van der Waals surface area contributed by atoms with Crippen LogP contribution in [0.15, 0.2) is 36.4 Å². The number of nitro groups is 1. The first-order valence-corrected chi connectivity index (χ1v) is 14.4. The summed E-state index contributed by atoms with van der Waals surface area (Å²) < 4.78 is 10.8. The molecule has 2 aromatic carbocycles. The molecule has 0 unspecified atom stereocenters. The van der Waals surface area contributed by atoms with Gasteiger partial charge in [0.2, 0.25) is 17.7 Å². The van der Waals surface area contributed by atoms with Crippen molar-refractivity contribution in [3.05, 3.63) is 52.1 Å². The summed E-state index contributed by atoms with van der Waals surface area (Å²) in [6.07, 6.45) is 1.04. The van der Waals surface area contributed by atoms with Gasteiger partial charge in [-0.2, -0.15) is 0 Å². The van der Waals surface area contributed by atoms with Crippen molar-refractivity contribution in [2.45, 2.75) is 35.8 Å². The van der Waals surface area contributed by atoms with Crippen LogP contribution in [0.5, 0.6) is 11.5 Å². The van der Waals surface area contributed by atoms with Crippen LogP contribution in [-0.4, -0.2) is 51.9 Å². The van der Waals surface area contributed by atoms with Gasteiger partial charge in [0.15, 0.2) is 0 Å². The molecular formula is C27H25Br2N3O8. The highest BCUT2D eigenvalue weighted by Gasteiger charge is 2.52. The first-order chi connectivity index (χ1) is 19.0. The molecule has 5 atom stereocenters. The maximum absolute atomic E-state index is 13.2. The molecule has 0 N–H and O–H groups in total. The minimum Gasteiger partial charge on any atom is -0.494 e. The van der Waals surface area contributed by atoms with E-state index in [1.165, 1.54) is 41.2 Å². The molecular weight excluding hydrogens is 654 g/mol. The molecule has 3 aliphatic rings. The van der Waals surface area contributed by atoms with Gasteiger partial charge in [0.05, 0.1) is 47.2 Å². The molecule has 3 amide bonds. The molecule has 5 rings (SSSR count). The number of nitro benzene ring substituents is 1. The van der Waals surface area contributed by atoms with Crippen LogP contribution >= 0.6 is 31.9 Å². The number of alkyl halides is 2. The molecule has 1 aliphatic carbocycles. The monoisotopic (exact) mass is 677 g/mol. The molecule has 2 aromatic rings. The largest absolute Gasteiger partial charge is 0.494 e. The van der Waals surface area contributed by atoms with Gasteiger partial charge in [-0.15, -0.1) is 0 Å². The summed E-state index contributed by atoms with van der Waals surface area (Å²) in [5, 5.41) is 11.1. The lowest BCUT2D eigenvalue weighted by Gasteiger charge is -2.29. The Bertz CT molecular complexity index is 1400. The predicted octanol–water partition coefficient (Wildman–Crippen LogP) is 4.30. The maximum Gasteiger partial charge on any atom is 0.316 e. The zero-order valence-electron chi connectivity index (χ0n) is 21.5. The number of non-ortho nitro benzene ring substituents is 1. The number of rotatable bonds is 6. The Morgan fingerprint density at radius 1 is 1.00 bits per heavy atom. The highest BCUT2D eigenvalue weighted by Crippen LogP contribution is 2.45. The molecule has 2 aliphatic heterocycles. The van der Waals surface area contributed by atoms with E-state index in [1.54, 1.807) is 19.1 Å². The number of carbonyl (C=O) groups excluding carboxylic acids is 4. The van der Waals surface area contributed by atoms with E-state index in [4.69, 9.17) is 9.47 Å². The van der Waals surface area contributed by atoms with Crippen LogP contribution in [0.1, 0.15) is 24.8 Å². The molecule has 11 nitrogen and oxygen atoms in total. The highest BCUT2D eigenvalue weighted by atomic mass is 79.9. The Kier molecular flexibility index (Phi) is 7.71. The number of carbonyl (C=O) groups is 4. The zero-order valence-corrected chi connectivity index (χ0v) is 24.7. The Labute approximate surface area is 246 Å². The van der Waals surface area contributed by atoms with Crippen LogP contribution in [0, 0.1) is 34.8 Å². The number of hydrogen-bond donors (Lipinski definition) is 0. The van der Waals surface area contributed by atoms with Gasteiger partial charge >= 0.3 is 5.97 Å². The van der Waals surface area contributed by atoms with Crippen LogP contribution in [0.25, 0.3) is 0 Å². The van der Waals surface area contributed by atoms with Gasteiger partial charge in [-0.3, -0.25) is 29.3 Å². The Morgan fingerprint density at radius 3 is 2.20 bits per heavy atom. The topological polar surface area (TPSA) is 136 Å². The number of esters is 1. The van der Waals surface area contributed by atoms with Gasteiger partial charge in [0.1, 0.15) is 11.5 Å². The van der Waals surface area contributed by atoms with Crippen molar-refractivity contribution in [1.29, 1.82) is 0 Å². The number of anilines is 2. The van der Waals surface area contributed by atoms with E-state index in [2.05, 4.69) is 31.9 Å². The summed E-state index contributed by atoms with van der Waals surface area (Å²) in [7, 11) is 1.34. The van der Waals surface area contributed by atoms with E-state index in [-0.39, 0.29) is 69.4 Å². The third-order valence-electron chi connectivity index (χ3n) is 7.66. The standard InChI is InChI=1S/C27H25Br2N3O8/c1-13-7-16(4-6-21(13)31-25(34)17-10-19(28)20(29)11-18(17)26(31)35)40-27(36)14-8-24(33)30(12-14)22-5-3-15(32(37)38)9-23(22)39-2/h3-7,9,14,17-20H,8,10-12H2,1-2H3/t14-,17-,18+,19+,20-/m1/s1. The number of ether oxygens (including phenoxy) is 2. The van der Waals surface area contributed by atoms with Crippen molar-refractivity contribution in [2.24, 2.45) is 17.8 Å². The van der Waals surface area contributed by atoms with Crippen LogP contribution in [0.3, 0.4) is 0 Å². The smallest absolute Gasteiger partial charge is 0.316 e. The SMILES string of the molecule is COc1cc([N+](=O)[O-])ccc1N1C[C@H](C(=O)Oc2ccc(N3C(=O)[C@H]4C[C@@H](Br)[C@@H](Br)C[C@H]4C3=O)c(C)c2)CC1=O. The van der Waals surface area contributed by atoms with Gasteiger partial charge in [-0.05, 0) is 49.6 Å². The minimum atomic E-state index is -0.772. The first-order valence-electron chi connectivity index (χ1n) is 12.6. The van der Waals surface area contributed by atoms with Crippen LogP contribution in [-0.2, 0) is 19.2 Å². The maximum atomic E-state index is 13.2. The molecule has 0 bridgehead atoms. The van der Waals surface area contributed by atoms with Gasteiger partial charge < -0.3 is 14.4 Å². The van der Waals surface area contributed by atoms with Gasteiger partial charge in [0.25, 0.3) is 5.69 Å². The van der Waals surface area contributed by atoms with Crippen LogP contribution in [0.4, 0.5) is 17.1 Å². The lowest BCUT2D eigenvalue weighted by Crippen LogP contribution is -2.34. The average Bonchev–Trinajstić information content (AvgIpc) is 3.41. The predicted molar refractivity (Wildman–Crippen MR) is 151 cm³/mol. The van der Waals surface area contributed by atoms with Gasteiger partial charge in [0, 0.05) is 28.7 Å². The molecule has 1 saturated carbocycles. The molecule has 2 saturated heterocycles. The first kappa shape index (κ1) is 28.2. The summed E-state index contributed by atoms with van der Waals surface area (Å²) >= 11 is 7.18. The van der Waals surface area contributed by atoms with E-state index < -0.39 is 16.8 Å². The highest BCUT2D eigenvalue weighted by molar-refractivity contribution is 9.12. The molecule has 210 valence electrons. The molecule has 0 aromatic heterocycles. The number of imide groups is 1. The van der Waals surface area contributed by atoms with Crippen molar-refractivity contribution in [1.82, 2.24) is 0 Å². The molecule has 0 radical (unpaired) electrons. The summed E-state index contributed by atoms with van der Waals surface area (Å²) in [5.41, 5.74) is 1.19. The second kappa shape index (κ2) is 10.9. The van der Waals surface area contributed by atoms with Crippen molar-refractivity contribution >= 4 is 72.6 Å². The second-order valence-electron chi connectivity index (χ2n) is 10.1. The van der Waals surface area contributed by atoms with Crippen LogP contribution in [0.2, 0.25) is 0 Å². The fraction of sp³-hybridized carbons (Fsp3) is 0.407. The number of fused-ring (bicyclic) bond motifs is 1. The van der Waals surface area contributed by atoms with Crippen molar-refractivity contribution in [2.75, 3.05) is 23.5 Å². The van der Waals surface area contributed by atoms with Crippen molar-refractivity contribution in [3.8, 4) is 11.5 Å². The number of amides is 3. The van der Waals surface area contributed by atoms with E-state index in [0.717, 1.165) is 0 Å². The van der Waals surface area contributed by atoms with E-state index in [1.807, 2.05) is 0 Å². The fourth-order valence-corrected chi connectivity index (χ4v) is 6.81. The third kappa shape index (κ3) is 5.00. The Morgan fingerprint density at radius 2 is 1.62 bits per heavy atom. The Balaban J connectivity index is 1.28. The number of benzene rings is 2. The zero-order chi connectivity index (χ0) is 28.9. The lowest BCUT2D eigenvalue weighted by molar-refractivity contribution is -0.384. The van der Waals surface area contributed by atoms with E-state index in [0.29, 0.717) is 29.8 Å². The number of methoxy groups -OCH3 is 1. The lowest BCUT2D eigenvalue weighted by atomic mass is 9.81. The van der Waals surface area contributed by atoms with Crippen molar-refractivity contribution in [3.63, 3.8) is 0 Å². The molecule has 40 heavy (non-hydrogen) atoms. The summed E-state index contributed by atoms with van der Waals surface area (Å²) in [6, 6.07) is 8.61. The summed E-state index contributed by atoms with van der Waals surface area (Å²) in [5.74, 6) is -2.56. The molecule has 0 spiro atoms. The molecule has 13 heteroatoms. The van der Waals surface area contributed by atoms with Crippen molar-refractivity contribution < 1.29 is 33.6 Å². The van der Waals surface area contributed by atoms with Crippen LogP contribution < -0.4 is 19.3 Å². The summed E-state index contributed by atoms with van der Waals surface area (Å²) in [4.78, 5) is 65.4. The molecule has 3 fully saturated rings. The Hall–Kier alpha value is -3.32. The third-order valence-corrected chi connectivity index (χ3v) is 10.4. The number of nitrogens with zero attached hydrogens (tertiary/aromatic N) is 3. The normalized spacial score (nSPS) is 26.2. The quantitative estimate of drug-likeness (QED) is 0.110. The van der Waals surface area contributed by atoms with E-state index in [9.17, 15) is 29.3 Å². The van der Waals surface area contributed by atoms with Gasteiger partial charge in [-0.1, -0.05) is 31.9 Å². The number of aryl methyl sites for hydroxylation is 1. The fourth-order valence-electron chi connectivity index (χ4n) is 5.58. The average molecular weight is 679 g/mol. The number of hydrogen-bond acceptors (Lipinski definition) is 8. The second-order valence-corrected chi connectivity index (χ2v) is 12.5. The molecule has 2 heterocycles. The van der Waals surface area contributed by atoms with E-state index >= 15 is 0 Å². The summed E-state index contributed by atoms with van der Waals surface area (Å²) in [6.45, 7) is 1.75. The minimum absolute atomic E-state index is 0.0194. The van der Waals surface area contributed by atoms with Gasteiger partial charge in [-0.25, -0.2) is 4.90 Å².